The molecular formula is C20H19ClF2N6O. The minimum atomic E-state index is -0.774. The molecule has 10 heteroatoms. The van der Waals surface area contributed by atoms with Crippen molar-refractivity contribution >= 4 is 40.5 Å². The third-order valence-electron chi connectivity index (χ3n) is 4.69. The first-order valence-electron chi connectivity index (χ1n) is 9.29. The Bertz CT molecular complexity index is 1050. The Balaban J connectivity index is 1.79. The van der Waals surface area contributed by atoms with E-state index in [4.69, 9.17) is 22.1 Å². The molecule has 3 heterocycles. The molecule has 2 aromatic rings. The Morgan fingerprint density at radius 2 is 2.10 bits per heavy atom. The maximum Gasteiger partial charge on any atom is 0.175 e. The lowest BCUT2D eigenvalue weighted by Crippen LogP contribution is -2.41. The fraction of sp³-hybridized carbons (Fsp3) is 0.250. The van der Waals surface area contributed by atoms with Crippen molar-refractivity contribution in [3.05, 3.63) is 58.9 Å². The fourth-order valence-electron chi connectivity index (χ4n) is 3.25. The molecule has 2 aliphatic rings. The molecule has 0 amide bonds. The summed E-state index contributed by atoms with van der Waals surface area (Å²) in [5.41, 5.74) is 6.10. The Labute approximate surface area is 176 Å². The minimum absolute atomic E-state index is 0.0237. The molecule has 0 spiro atoms. The van der Waals surface area contributed by atoms with Crippen molar-refractivity contribution in [2.75, 3.05) is 29.9 Å². The second-order valence-electron chi connectivity index (χ2n) is 6.82. The third-order valence-corrected chi connectivity index (χ3v) is 4.98. The number of morpholine rings is 1. The number of hydrogen-bond acceptors (Lipinski definition) is 7. The van der Waals surface area contributed by atoms with Crippen molar-refractivity contribution in [1.29, 1.82) is 0 Å². The van der Waals surface area contributed by atoms with Gasteiger partial charge < -0.3 is 20.7 Å². The molecule has 1 fully saturated rings. The van der Waals surface area contributed by atoms with E-state index in [1.807, 2.05) is 6.92 Å². The normalized spacial score (nSPS) is 19.4. The summed E-state index contributed by atoms with van der Waals surface area (Å²) in [5.74, 6) is -0.914. The lowest BCUT2D eigenvalue weighted by molar-refractivity contribution is 0.0529. The molecule has 3 N–H and O–H groups in total. The van der Waals surface area contributed by atoms with Crippen LogP contribution in [0.3, 0.4) is 0 Å². The predicted octanol–water partition coefficient (Wildman–Crippen LogP) is 3.53. The van der Waals surface area contributed by atoms with Gasteiger partial charge in [-0.1, -0.05) is 17.7 Å². The number of aliphatic imine (C=N–C) groups is 2. The number of rotatable bonds is 3. The van der Waals surface area contributed by atoms with Crippen LogP contribution in [0.4, 0.5) is 26.0 Å². The van der Waals surface area contributed by atoms with Crippen molar-refractivity contribution in [1.82, 2.24) is 4.98 Å². The number of hydrogen-bond donors (Lipinski definition) is 2. The highest BCUT2D eigenvalue weighted by atomic mass is 35.5. The first-order valence-corrected chi connectivity index (χ1v) is 9.67. The fourth-order valence-corrected chi connectivity index (χ4v) is 3.33. The number of fused-ring (bicyclic) bond motifs is 1. The number of nitrogens with zero attached hydrogens (tertiary/aromatic N) is 4. The standard InChI is InChI=1S/C20H19ClF2N6O/c1-11-10-29(5-6-30-11)17-7-15-16(9-25-17)27-20(28-19(26-15)12(21)8-24)18-13(22)3-2-4-14(18)23/h2-4,7-9,11H,5-6,10,24H2,1H3,(H,26,27,28)/b12-8+. The first kappa shape index (κ1) is 20.2. The van der Waals surface area contributed by atoms with Gasteiger partial charge >= 0.3 is 0 Å². The first-order chi connectivity index (χ1) is 14.5. The van der Waals surface area contributed by atoms with E-state index >= 15 is 0 Å². The molecule has 4 rings (SSSR count). The highest BCUT2D eigenvalue weighted by Gasteiger charge is 2.23. The number of ether oxygens (including phenoxy) is 1. The summed E-state index contributed by atoms with van der Waals surface area (Å²) in [4.78, 5) is 15.3. The molecule has 156 valence electrons. The van der Waals surface area contributed by atoms with E-state index in [0.717, 1.165) is 18.3 Å². The van der Waals surface area contributed by atoms with Gasteiger partial charge in [0.1, 0.15) is 28.3 Å². The van der Waals surface area contributed by atoms with Crippen LogP contribution in [0.15, 0.2) is 51.7 Å². The van der Waals surface area contributed by atoms with Crippen LogP contribution in [0.1, 0.15) is 12.5 Å². The number of amidine groups is 2. The summed E-state index contributed by atoms with van der Waals surface area (Å²) in [7, 11) is 0. The van der Waals surface area contributed by atoms with Gasteiger partial charge in [0.25, 0.3) is 0 Å². The van der Waals surface area contributed by atoms with Crippen LogP contribution in [0.25, 0.3) is 0 Å². The average Bonchev–Trinajstić information content (AvgIpc) is 2.92. The highest BCUT2D eigenvalue weighted by molar-refractivity contribution is 6.44. The molecule has 1 aromatic carbocycles. The lowest BCUT2D eigenvalue weighted by Gasteiger charge is -2.32. The summed E-state index contributed by atoms with van der Waals surface area (Å²) in [5, 5.41) is 2.97. The molecule has 30 heavy (non-hydrogen) atoms. The lowest BCUT2D eigenvalue weighted by atomic mass is 10.1. The molecule has 1 aromatic heterocycles. The number of halogens is 3. The van der Waals surface area contributed by atoms with E-state index in [1.54, 1.807) is 12.3 Å². The van der Waals surface area contributed by atoms with E-state index in [-0.39, 0.29) is 28.4 Å². The van der Waals surface area contributed by atoms with E-state index < -0.39 is 11.6 Å². The number of benzene rings is 1. The maximum atomic E-state index is 14.4. The van der Waals surface area contributed by atoms with Crippen LogP contribution >= 0.6 is 11.6 Å². The van der Waals surface area contributed by atoms with Gasteiger partial charge in [-0.25, -0.2) is 23.7 Å². The number of nitrogens with one attached hydrogen (secondary N) is 1. The van der Waals surface area contributed by atoms with Crippen molar-refractivity contribution in [2.24, 2.45) is 15.7 Å². The average molecular weight is 433 g/mol. The molecular weight excluding hydrogens is 414 g/mol. The molecule has 1 unspecified atom stereocenters. The molecule has 7 nitrogen and oxygen atoms in total. The molecule has 1 saturated heterocycles. The van der Waals surface area contributed by atoms with Gasteiger partial charge in [0.05, 0.1) is 35.8 Å². The van der Waals surface area contributed by atoms with Gasteiger partial charge in [-0.05, 0) is 19.1 Å². The summed E-state index contributed by atoms with van der Waals surface area (Å²) in [6.45, 7) is 3.95. The van der Waals surface area contributed by atoms with Gasteiger partial charge in [-0.3, -0.25) is 0 Å². The van der Waals surface area contributed by atoms with Crippen LogP contribution in [-0.4, -0.2) is 42.5 Å². The highest BCUT2D eigenvalue weighted by Crippen LogP contribution is 2.33. The van der Waals surface area contributed by atoms with Crippen LogP contribution in [-0.2, 0) is 4.74 Å². The molecule has 0 radical (unpaired) electrons. The van der Waals surface area contributed by atoms with Gasteiger partial charge in [0.15, 0.2) is 5.84 Å². The van der Waals surface area contributed by atoms with E-state index in [1.165, 1.54) is 6.07 Å². The quantitative estimate of drug-likeness (QED) is 0.774. The molecule has 2 aliphatic heterocycles. The van der Waals surface area contributed by atoms with E-state index in [9.17, 15) is 8.78 Å². The van der Waals surface area contributed by atoms with Crippen molar-refractivity contribution < 1.29 is 13.5 Å². The van der Waals surface area contributed by atoms with Crippen molar-refractivity contribution in [3.63, 3.8) is 0 Å². The van der Waals surface area contributed by atoms with Crippen LogP contribution in [0.2, 0.25) is 0 Å². The minimum Gasteiger partial charge on any atom is -0.403 e. The second kappa shape index (κ2) is 8.37. The summed E-state index contributed by atoms with van der Waals surface area (Å²) >= 11 is 6.16. The smallest absolute Gasteiger partial charge is 0.175 e. The molecule has 0 aliphatic carbocycles. The molecule has 1 atom stereocenters. The summed E-state index contributed by atoms with van der Waals surface area (Å²) in [6, 6.07) is 5.33. The van der Waals surface area contributed by atoms with Crippen LogP contribution < -0.4 is 16.0 Å². The largest absolute Gasteiger partial charge is 0.403 e. The summed E-state index contributed by atoms with van der Waals surface area (Å²) in [6.07, 6.45) is 2.74. The molecule has 0 bridgehead atoms. The number of nitrogens with two attached hydrogens (primary N) is 1. The van der Waals surface area contributed by atoms with Gasteiger partial charge in [-0.15, -0.1) is 0 Å². The number of pyridine rings is 1. The van der Waals surface area contributed by atoms with E-state index in [2.05, 4.69) is 25.2 Å². The third kappa shape index (κ3) is 3.99. The summed E-state index contributed by atoms with van der Waals surface area (Å²) < 4.78 is 34.4. The Morgan fingerprint density at radius 1 is 1.33 bits per heavy atom. The van der Waals surface area contributed by atoms with Gasteiger partial charge in [-0.2, -0.15) is 0 Å². The topological polar surface area (TPSA) is 88.1 Å². The van der Waals surface area contributed by atoms with Crippen molar-refractivity contribution in [2.45, 2.75) is 13.0 Å². The van der Waals surface area contributed by atoms with Gasteiger partial charge in [0, 0.05) is 25.4 Å². The Hall–Kier alpha value is -3.04. The zero-order chi connectivity index (χ0) is 21.3. The monoisotopic (exact) mass is 432 g/mol. The van der Waals surface area contributed by atoms with Crippen LogP contribution in [0, 0.1) is 11.6 Å². The number of anilines is 2. The SMILES string of the molecule is CC1CN(c2cc3c(cn2)NC(c2c(F)cccc2F)=NC(/C(Cl)=C\N)=N3)CCO1. The van der Waals surface area contributed by atoms with Gasteiger partial charge in [0.2, 0.25) is 0 Å². The zero-order valence-corrected chi connectivity index (χ0v) is 16.8. The van der Waals surface area contributed by atoms with Crippen molar-refractivity contribution in [3.8, 4) is 0 Å². The Morgan fingerprint density at radius 3 is 2.80 bits per heavy atom. The number of aromatic nitrogens is 1. The molecule has 0 saturated carbocycles. The Kier molecular flexibility index (Phi) is 5.65. The predicted molar refractivity (Wildman–Crippen MR) is 114 cm³/mol. The maximum absolute atomic E-state index is 14.4. The van der Waals surface area contributed by atoms with Crippen LogP contribution in [0.5, 0.6) is 0 Å². The second-order valence-corrected chi connectivity index (χ2v) is 7.23. The zero-order valence-electron chi connectivity index (χ0n) is 16.1. The van der Waals surface area contributed by atoms with E-state index in [0.29, 0.717) is 36.9 Å².